The van der Waals surface area contributed by atoms with Crippen molar-refractivity contribution in [3.05, 3.63) is 45.8 Å². The van der Waals surface area contributed by atoms with Crippen LogP contribution in [0.1, 0.15) is 27.7 Å². The van der Waals surface area contributed by atoms with Crippen molar-refractivity contribution < 1.29 is 27.8 Å². The largest absolute Gasteiger partial charge is 0.484 e. The predicted octanol–water partition coefficient (Wildman–Crippen LogP) is 3.84. The van der Waals surface area contributed by atoms with Crippen molar-refractivity contribution in [3.63, 3.8) is 0 Å². The Labute approximate surface area is 147 Å². The van der Waals surface area contributed by atoms with Crippen molar-refractivity contribution in [1.82, 2.24) is 0 Å². The lowest BCUT2D eigenvalue weighted by Gasteiger charge is -2.08. The number of hydrogen-bond acceptors (Lipinski definition) is 5. The fourth-order valence-corrected chi connectivity index (χ4v) is 3.11. The van der Waals surface area contributed by atoms with E-state index < -0.39 is 30.1 Å². The Hall–Kier alpha value is -2.48. The maximum Gasteiger partial charge on any atom is 0.341 e. The Balaban J connectivity index is 2.06. The third-order valence-corrected chi connectivity index (χ3v) is 4.50. The molecular formula is C17H17F2NO4S. The first-order valence-electron chi connectivity index (χ1n) is 7.48. The minimum absolute atomic E-state index is 0.0261. The summed E-state index contributed by atoms with van der Waals surface area (Å²) in [4.78, 5) is 25.0. The van der Waals surface area contributed by atoms with Gasteiger partial charge in [-0.1, -0.05) is 0 Å². The number of nitrogens with one attached hydrogen (secondary N) is 1. The molecule has 1 N–H and O–H groups in total. The third-order valence-electron chi connectivity index (χ3n) is 3.38. The number of esters is 1. The molecule has 0 saturated carbocycles. The summed E-state index contributed by atoms with van der Waals surface area (Å²) < 4.78 is 36.1. The van der Waals surface area contributed by atoms with Gasteiger partial charge in [-0.05, 0) is 38.5 Å². The number of halogens is 2. The second-order valence-electron chi connectivity index (χ2n) is 5.12. The van der Waals surface area contributed by atoms with E-state index in [1.165, 1.54) is 17.4 Å². The molecule has 0 bridgehead atoms. The first-order valence-corrected chi connectivity index (χ1v) is 8.30. The van der Waals surface area contributed by atoms with Crippen molar-refractivity contribution >= 4 is 28.2 Å². The van der Waals surface area contributed by atoms with Crippen molar-refractivity contribution in [1.29, 1.82) is 0 Å². The topological polar surface area (TPSA) is 64.6 Å². The fourth-order valence-electron chi connectivity index (χ4n) is 2.04. The number of carbonyl (C=O) groups excluding carboxylic acids is 2. The number of anilines is 1. The summed E-state index contributed by atoms with van der Waals surface area (Å²) in [7, 11) is 0. The van der Waals surface area contributed by atoms with Crippen LogP contribution in [0.4, 0.5) is 13.8 Å². The molecule has 0 aliphatic heterocycles. The molecule has 0 aliphatic carbocycles. The normalized spacial score (nSPS) is 10.4. The van der Waals surface area contributed by atoms with E-state index in [4.69, 9.17) is 9.47 Å². The van der Waals surface area contributed by atoms with Gasteiger partial charge in [0.2, 0.25) is 0 Å². The molecule has 25 heavy (non-hydrogen) atoms. The van der Waals surface area contributed by atoms with E-state index in [1.54, 1.807) is 13.8 Å². The van der Waals surface area contributed by atoms with Crippen LogP contribution in [0.5, 0.6) is 5.75 Å². The number of aryl methyl sites for hydroxylation is 1. The van der Waals surface area contributed by atoms with Crippen LogP contribution in [0.25, 0.3) is 0 Å². The summed E-state index contributed by atoms with van der Waals surface area (Å²) in [6, 6.07) is 2.98. The van der Waals surface area contributed by atoms with Crippen molar-refractivity contribution in [2.75, 3.05) is 18.5 Å². The van der Waals surface area contributed by atoms with E-state index in [1.807, 2.05) is 6.92 Å². The number of carbonyl (C=O) groups is 2. The van der Waals surface area contributed by atoms with Crippen molar-refractivity contribution in [2.45, 2.75) is 20.8 Å². The molecule has 0 atom stereocenters. The van der Waals surface area contributed by atoms with E-state index in [2.05, 4.69) is 5.32 Å². The molecule has 2 rings (SSSR count). The average Bonchev–Trinajstić information content (AvgIpc) is 2.83. The molecule has 0 fully saturated rings. The van der Waals surface area contributed by atoms with Gasteiger partial charge in [0.15, 0.2) is 18.2 Å². The third kappa shape index (κ3) is 4.54. The Morgan fingerprint density at radius 3 is 2.56 bits per heavy atom. The van der Waals surface area contributed by atoms with Gasteiger partial charge in [0.1, 0.15) is 10.8 Å². The van der Waals surface area contributed by atoms with E-state index in [0.717, 1.165) is 22.6 Å². The molecule has 1 aromatic carbocycles. The quantitative estimate of drug-likeness (QED) is 0.786. The van der Waals surface area contributed by atoms with E-state index in [9.17, 15) is 18.4 Å². The van der Waals surface area contributed by atoms with Gasteiger partial charge in [-0.15, -0.1) is 11.3 Å². The minimum atomic E-state index is -1.06. The molecule has 8 heteroatoms. The second kappa shape index (κ2) is 8.06. The summed E-state index contributed by atoms with van der Waals surface area (Å²) in [5, 5.41) is 2.96. The summed E-state index contributed by atoms with van der Waals surface area (Å²) in [5.74, 6) is -3.08. The van der Waals surface area contributed by atoms with Gasteiger partial charge in [0, 0.05) is 10.9 Å². The SMILES string of the molecule is CCOC(=O)c1c(NC(=O)COc2ccc(F)c(F)c2)sc(C)c1C. The van der Waals surface area contributed by atoms with Crippen LogP contribution in [0, 0.1) is 25.5 Å². The summed E-state index contributed by atoms with van der Waals surface area (Å²) in [6.45, 7) is 5.10. The minimum Gasteiger partial charge on any atom is -0.484 e. The van der Waals surface area contributed by atoms with Crippen LogP contribution in [-0.2, 0) is 9.53 Å². The van der Waals surface area contributed by atoms with Crippen molar-refractivity contribution in [2.24, 2.45) is 0 Å². The molecule has 1 amide bonds. The molecule has 5 nitrogen and oxygen atoms in total. The number of ether oxygens (including phenoxy) is 2. The Morgan fingerprint density at radius 1 is 1.20 bits per heavy atom. The van der Waals surface area contributed by atoms with Crippen LogP contribution in [-0.4, -0.2) is 25.1 Å². The lowest BCUT2D eigenvalue weighted by atomic mass is 10.1. The van der Waals surface area contributed by atoms with Gasteiger partial charge in [0.25, 0.3) is 5.91 Å². The molecule has 1 aromatic heterocycles. The maximum atomic E-state index is 13.1. The highest BCUT2D eigenvalue weighted by Gasteiger charge is 2.22. The van der Waals surface area contributed by atoms with Crippen LogP contribution < -0.4 is 10.1 Å². The zero-order valence-corrected chi connectivity index (χ0v) is 14.8. The number of amides is 1. The monoisotopic (exact) mass is 369 g/mol. The summed E-state index contributed by atoms with van der Waals surface area (Å²) in [5.41, 5.74) is 1.05. The van der Waals surface area contributed by atoms with E-state index in [-0.39, 0.29) is 12.4 Å². The average molecular weight is 369 g/mol. The number of rotatable bonds is 6. The highest BCUT2D eigenvalue weighted by atomic mass is 32.1. The van der Waals surface area contributed by atoms with E-state index in [0.29, 0.717) is 10.6 Å². The molecule has 0 aliphatic rings. The Bertz CT molecular complexity index is 804. The van der Waals surface area contributed by atoms with Gasteiger partial charge in [-0.25, -0.2) is 13.6 Å². The number of thiophene rings is 1. The molecule has 0 saturated heterocycles. The molecule has 134 valence electrons. The Kier molecular flexibility index (Phi) is 6.08. The van der Waals surface area contributed by atoms with Gasteiger partial charge in [0.05, 0.1) is 12.2 Å². The number of benzene rings is 1. The highest BCUT2D eigenvalue weighted by molar-refractivity contribution is 7.16. The first kappa shape index (κ1) is 18.9. The second-order valence-corrected chi connectivity index (χ2v) is 6.35. The fraction of sp³-hybridized carbons (Fsp3) is 0.294. The maximum absolute atomic E-state index is 13.1. The zero-order chi connectivity index (χ0) is 18.6. The zero-order valence-electron chi connectivity index (χ0n) is 13.9. The molecule has 1 heterocycles. The van der Waals surface area contributed by atoms with Crippen LogP contribution in [0.3, 0.4) is 0 Å². The lowest BCUT2D eigenvalue weighted by Crippen LogP contribution is -2.21. The standard InChI is InChI=1S/C17H17F2NO4S/c1-4-23-17(22)15-9(2)10(3)25-16(15)20-14(21)8-24-11-5-6-12(18)13(19)7-11/h5-7H,4,8H2,1-3H3,(H,20,21). The summed E-state index contributed by atoms with van der Waals surface area (Å²) >= 11 is 1.25. The predicted molar refractivity (Wildman–Crippen MR) is 90.2 cm³/mol. The molecule has 2 aromatic rings. The Morgan fingerprint density at radius 2 is 1.92 bits per heavy atom. The van der Waals surface area contributed by atoms with Gasteiger partial charge in [-0.2, -0.15) is 0 Å². The van der Waals surface area contributed by atoms with Gasteiger partial charge >= 0.3 is 5.97 Å². The number of hydrogen-bond donors (Lipinski definition) is 1. The van der Waals surface area contributed by atoms with E-state index >= 15 is 0 Å². The molecular weight excluding hydrogens is 352 g/mol. The molecule has 0 unspecified atom stereocenters. The smallest absolute Gasteiger partial charge is 0.341 e. The highest BCUT2D eigenvalue weighted by Crippen LogP contribution is 2.33. The molecule has 0 spiro atoms. The summed E-state index contributed by atoms with van der Waals surface area (Å²) in [6.07, 6.45) is 0. The van der Waals surface area contributed by atoms with Crippen LogP contribution in [0.2, 0.25) is 0 Å². The molecule has 0 radical (unpaired) electrons. The van der Waals surface area contributed by atoms with Crippen LogP contribution >= 0.6 is 11.3 Å². The van der Waals surface area contributed by atoms with Gasteiger partial charge < -0.3 is 14.8 Å². The van der Waals surface area contributed by atoms with Crippen LogP contribution in [0.15, 0.2) is 18.2 Å². The van der Waals surface area contributed by atoms with Gasteiger partial charge in [-0.3, -0.25) is 4.79 Å². The lowest BCUT2D eigenvalue weighted by molar-refractivity contribution is -0.118. The first-order chi connectivity index (χ1) is 11.8. The van der Waals surface area contributed by atoms with Crippen molar-refractivity contribution in [3.8, 4) is 5.75 Å².